The minimum Gasteiger partial charge on any atom is -0.272 e. The van der Waals surface area contributed by atoms with E-state index in [2.05, 4.69) is 10.4 Å². The minimum atomic E-state index is -2.88. The Balaban J connectivity index is 1.64. The molecule has 0 bridgehead atoms. The second-order valence-corrected chi connectivity index (χ2v) is 9.60. The fourth-order valence-corrected chi connectivity index (χ4v) is 6.33. The van der Waals surface area contributed by atoms with Crippen LogP contribution in [0.3, 0.4) is 0 Å². The number of benzene rings is 1. The first-order chi connectivity index (χ1) is 11.5. The van der Waals surface area contributed by atoms with Crippen molar-refractivity contribution < 1.29 is 9.00 Å². The van der Waals surface area contributed by atoms with E-state index < -0.39 is 9.92 Å². The van der Waals surface area contributed by atoms with Crippen LogP contribution in [0.5, 0.6) is 0 Å². The molecular weight excluding hydrogens is 320 g/mol. The van der Waals surface area contributed by atoms with Gasteiger partial charge in [-0.25, -0.2) is 9.35 Å². The van der Waals surface area contributed by atoms with Crippen LogP contribution in [0, 0.1) is 0 Å². The largest absolute Gasteiger partial charge is 0.272 e. The van der Waals surface area contributed by atoms with Gasteiger partial charge in [-0.2, -0.15) is 0 Å². The van der Waals surface area contributed by atoms with Gasteiger partial charge >= 0.3 is 0 Å². The van der Waals surface area contributed by atoms with Gasteiger partial charge in [0.05, 0.1) is 11.7 Å². The molecule has 4 nitrogen and oxygen atoms in total. The van der Waals surface area contributed by atoms with Gasteiger partial charge in [0.15, 0.2) is 0 Å². The first kappa shape index (κ1) is 16.3. The number of carbonyl (C=O) groups excluding carboxylic acids is 1. The minimum absolute atomic E-state index is 0.103. The molecule has 0 saturated heterocycles. The summed E-state index contributed by atoms with van der Waals surface area (Å²) in [4.78, 5) is 12.6. The number of carbonyl (C=O) groups is 1. The van der Waals surface area contributed by atoms with Gasteiger partial charge in [0, 0.05) is 0 Å². The molecule has 0 spiro atoms. The average molecular weight is 346 g/mol. The third-order valence-electron chi connectivity index (χ3n) is 5.95. The van der Waals surface area contributed by atoms with Crippen LogP contribution in [0.2, 0.25) is 0 Å². The van der Waals surface area contributed by atoms with E-state index in [1.807, 2.05) is 0 Å². The highest BCUT2D eigenvalue weighted by Crippen LogP contribution is 2.35. The number of nitrogens with zero attached hydrogens (tertiary/aromatic N) is 1. The van der Waals surface area contributed by atoms with Crippen LogP contribution in [0.15, 0.2) is 10.4 Å². The Morgan fingerprint density at radius 3 is 2.21 bits per heavy atom. The van der Waals surface area contributed by atoms with Gasteiger partial charge in [0.1, 0.15) is 9.92 Å². The van der Waals surface area contributed by atoms with E-state index >= 15 is 0 Å². The molecule has 0 aromatic heterocycles. The van der Waals surface area contributed by atoms with Gasteiger partial charge in [-0.3, -0.25) is 4.79 Å². The van der Waals surface area contributed by atoms with Crippen LogP contribution in [0.4, 0.5) is 0 Å². The molecule has 0 heterocycles. The lowest BCUT2D eigenvalue weighted by Gasteiger charge is -2.15. The molecule has 1 atom stereocenters. The Kier molecular flexibility index (Phi) is 4.25. The maximum Gasteiger partial charge on any atom is 0.259 e. The number of fused-ring (bicyclic) bond motifs is 2. The van der Waals surface area contributed by atoms with Crippen LogP contribution >= 0.6 is 0 Å². The van der Waals surface area contributed by atoms with Gasteiger partial charge in [0.2, 0.25) is 0 Å². The lowest BCUT2D eigenvalue weighted by atomic mass is 9.92. The lowest BCUT2D eigenvalue weighted by Crippen LogP contribution is -2.27. The Bertz CT molecular complexity index is 768. The topological polar surface area (TPSA) is 72.5 Å². The number of amides is 1. The second kappa shape index (κ2) is 6.26. The van der Waals surface area contributed by atoms with Crippen LogP contribution in [-0.4, -0.2) is 15.4 Å². The van der Waals surface area contributed by atoms with Crippen molar-refractivity contribution in [3.05, 3.63) is 33.9 Å². The Hall–Kier alpha value is -1.20. The van der Waals surface area contributed by atoms with Crippen molar-refractivity contribution in [3.8, 4) is 0 Å². The van der Waals surface area contributed by atoms with Gasteiger partial charge in [-0.1, -0.05) is 18.9 Å². The Labute approximate surface area is 144 Å². The summed E-state index contributed by atoms with van der Waals surface area (Å²) in [5.74, 6) is -0.288. The molecule has 4 rings (SSSR count). The van der Waals surface area contributed by atoms with Gasteiger partial charge in [-0.05, 0) is 79.2 Å². The lowest BCUT2D eigenvalue weighted by molar-refractivity contribution is -0.117. The zero-order valence-electron chi connectivity index (χ0n) is 14.2. The van der Waals surface area contributed by atoms with Crippen LogP contribution in [0.25, 0.3) is 0 Å². The van der Waals surface area contributed by atoms with E-state index in [9.17, 15) is 9.00 Å². The van der Waals surface area contributed by atoms with Crippen LogP contribution in [-0.2, 0) is 46.8 Å². The number of hydrogen-bond acceptors (Lipinski definition) is 2. The molecular formula is C19H26N2O2S. The van der Waals surface area contributed by atoms with E-state index in [1.54, 1.807) is 0 Å². The molecule has 1 fully saturated rings. The fraction of sp³-hybridized carbons (Fsp3) is 0.632. The maximum atomic E-state index is 12.6. The quantitative estimate of drug-likeness (QED) is 0.914. The third kappa shape index (κ3) is 2.93. The standard InChI is InChI=1S/C19H26N2O2S/c20-24(23,15-7-1-2-8-15)21-19(22)12-18-16-9-3-5-13(16)11-14-6-4-10-17(14)18/h11,15H,1-10,12H2,(H2,20,21,22,23). The summed E-state index contributed by atoms with van der Waals surface area (Å²) in [7, 11) is -2.88. The van der Waals surface area contributed by atoms with E-state index in [0.29, 0.717) is 0 Å². The number of aryl methyl sites for hydroxylation is 2. The van der Waals surface area contributed by atoms with Crippen LogP contribution in [0.1, 0.15) is 66.3 Å². The summed E-state index contributed by atoms with van der Waals surface area (Å²) in [6, 6.07) is 2.36. The summed E-state index contributed by atoms with van der Waals surface area (Å²) in [6.45, 7) is 0. The molecule has 3 aliphatic rings. The van der Waals surface area contributed by atoms with Crippen molar-refractivity contribution in [2.75, 3.05) is 0 Å². The monoisotopic (exact) mass is 346 g/mol. The Morgan fingerprint density at radius 1 is 1.04 bits per heavy atom. The molecule has 1 unspecified atom stereocenters. The molecule has 1 aromatic carbocycles. The van der Waals surface area contributed by atoms with Crippen molar-refractivity contribution in [2.24, 2.45) is 9.50 Å². The molecule has 0 aliphatic heterocycles. The van der Waals surface area contributed by atoms with Crippen molar-refractivity contribution in [1.82, 2.24) is 0 Å². The first-order valence-electron chi connectivity index (χ1n) is 9.26. The van der Waals surface area contributed by atoms with Gasteiger partial charge < -0.3 is 0 Å². The van der Waals surface area contributed by atoms with E-state index in [1.165, 1.54) is 40.7 Å². The molecule has 3 aliphatic carbocycles. The van der Waals surface area contributed by atoms with E-state index in [0.717, 1.165) is 51.4 Å². The Morgan fingerprint density at radius 2 is 1.62 bits per heavy atom. The summed E-state index contributed by atoms with van der Waals surface area (Å²) in [6.07, 6.45) is 10.8. The number of nitrogens with two attached hydrogens (primary N) is 1. The molecule has 1 saturated carbocycles. The average Bonchev–Trinajstić information content (AvgIpc) is 3.27. The molecule has 1 aromatic rings. The molecule has 5 heteroatoms. The highest BCUT2D eigenvalue weighted by atomic mass is 32.2. The predicted molar refractivity (Wildman–Crippen MR) is 96.2 cm³/mol. The van der Waals surface area contributed by atoms with Gasteiger partial charge in [-0.15, -0.1) is 4.36 Å². The zero-order valence-corrected chi connectivity index (χ0v) is 15.0. The van der Waals surface area contributed by atoms with E-state index in [4.69, 9.17) is 5.14 Å². The first-order valence-corrected chi connectivity index (χ1v) is 10.9. The second-order valence-electron chi connectivity index (χ2n) is 7.52. The van der Waals surface area contributed by atoms with Crippen molar-refractivity contribution in [1.29, 1.82) is 0 Å². The SMILES string of the molecule is NS(=O)(=NC(=O)Cc1c2c(cc3c1CCC3)CCC2)C1CCCC1. The van der Waals surface area contributed by atoms with Crippen molar-refractivity contribution in [3.63, 3.8) is 0 Å². The van der Waals surface area contributed by atoms with Crippen molar-refractivity contribution >= 4 is 15.8 Å². The number of rotatable bonds is 3. The highest BCUT2D eigenvalue weighted by molar-refractivity contribution is 7.92. The van der Waals surface area contributed by atoms with Crippen molar-refractivity contribution in [2.45, 2.75) is 75.9 Å². The highest BCUT2D eigenvalue weighted by Gasteiger charge is 2.27. The van der Waals surface area contributed by atoms with Gasteiger partial charge in [0.25, 0.3) is 5.91 Å². The summed E-state index contributed by atoms with van der Waals surface area (Å²) < 4.78 is 16.7. The summed E-state index contributed by atoms with van der Waals surface area (Å²) in [5.41, 5.74) is 6.76. The smallest absolute Gasteiger partial charge is 0.259 e. The number of hydrogen-bond donors (Lipinski definition) is 1. The summed E-state index contributed by atoms with van der Waals surface area (Å²) >= 11 is 0. The fourth-order valence-electron chi connectivity index (χ4n) is 4.79. The summed E-state index contributed by atoms with van der Waals surface area (Å²) in [5, 5.41) is 5.84. The molecule has 0 radical (unpaired) electrons. The zero-order chi connectivity index (χ0) is 16.7. The normalized spacial score (nSPS) is 22.2. The van der Waals surface area contributed by atoms with E-state index in [-0.39, 0.29) is 17.6 Å². The predicted octanol–water partition coefficient (Wildman–Crippen LogP) is 3.02. The molecule has 130 valence electrons. The molecule has 1 amide bonds. The maximum absolute atomic E-state index is 12.6. The third-order valence-corrected chi connectivity index (χ3v) is 7.87. The molecule has 2 N–H and O–H groups in total. The van der Waals surface area contributed by atoms with Crippen LogP contribution < -0.4 is 5.14 Å². The molecule has 24 heavy (non-hydrogen) atoms.